The van der Waals surface area contributed by atoms with Crippen LogP contribution >= 0.6 is 11.8 Å². The van der Waals surface area contributed by atoms with Gasteiger partial charge in [0.1, 0.15) is 0 Å². The van der Waals surface area contributed by atoms with Crippen LogP contribution in [0.15, 0.2) is 23.1 Å². The van der Waals surface area contributed by atoms with Gasteiger partial charge in [-0.3, -0.25) is 0 Å². The summed E-state index contributed by atoms with van der Waals surface area (Å²) in [6, 6.07) is 4.00. The summed E-state index contributed by atoms with van der Waals surface area (Å²) in [5.74, 6) is 0.300. The third-order valence-corrected chi connectivity index (χ3v) is 4.31. The Bertz CT molecular complexity index is 402. The molecule has 0 aliphatic rings. The summed E-state index contributed by atoms with van der Waals surface area (Å²) < 4.78 is 38.8. The topological polar surface area (TPSA) is 20.2 Å². The van der Waals surface area contributed by atoms with Gasteiger partial charge in [-0.05, 0) is 23.6 Å². The van der Waals surface area contributed by atoms with Gasteiger partial charge in [-0.2, -0.15) is 13.2 Å². The Morgan fingerprint density at radius 2 is 1.83 bits per heavy atom. The molecule has 1 atom stereocenters. The van der Waals surface area contributed by atoms with Gasteiger partial charge in [0.25, 0.3) is 0 Å². The van der Waals surface area contributed by atoms with Crippen molar-refractivity contribution >= 4 is 11.8 Å². The van der Waals surface area contributed by atoms with Crippen molar-refractivity contribution in [2.24, 2.45) is 5.92 Å². The van der Waals surface area contributed by atoms with Crippen LogP contribution in [0.25, 0.3) is 0 Å². The molecular formula is C13H17F3OS. The first kappa shape index (κ1) is 15.4. The first-order valence-electron chi connectivity index (χ1n) is 5.73. The van der Waals surface area contributed by atoms with E-state index in [2.05, 4.69) is 0 Å². The van der Waals surface area contributed by atoms with Gasteiger partial charge in [0.2, 0.25) is 0 Å². The van der Waals surface area contributed by atoms with Crippen LogP contribution in [0.3, 0.4) is 0 Å². The van der Waals surface area contributed by atoms with E-state index in [4.69, 9.17) is 5.11 Å². The van der Waals surface area contributed by atoms with Crippen LogP contribution in [0.2, 0.25) is 0 Å². The predicted octanol–water partition coefficient (Wildman–Crippen LogP) is 4.33. The number of halogens is 3. The summed E-state index contributed by atoms with van der Waals surface area (Å²) in [5, 5.41) is 9.02. The summed E-state index contributed by atoms with van der Waals surface area (Å²) in [5.41, 5.74) is -0.379. The second-order valence-electron chi connectivity index (χ2n) is 4.55. The molecule has 0 aromatic heterocycles. The fourth-order valence-corrected chi connectivity index (χ4v) is 2.46. The maximum Gasteiger partial charge on any atom is 0.417 e. The van der Waals surface area contributed by atoms with Gasteiger partial charge in [0.05, 0.1) is 12.2 Å². The van der Waals surface area contributed by atoms with Gasteiger partial charge >= 0.3 is 6.18 Å². The molecule has 1 rings (SSSR count). The van der Waals surface area contributed by atoms with Crippen LogP contribution in [-0.2, 0) is 12.8 Å². The zero-order valence-corrected chi connectivity index (χ0v) is 11.4. The van der Waals surface area contributed by atoms with Gasteiger partial charge in [-0.1, -0.05) is 26.8 Å². The summed E-state index contributed by atoms with van der Waals surface area (Å²) in [6.45, 7) is 5.49. The molecule has 18 heavy (non-hydrogen) atoms. The van der Waals surface area contributed by atoms with E-state index in [9.17, 15) is 13.2 Å². The summed E-state index contributed by atoms with van der Waals surface area (Å²) in [6.07, 6.45) is -4.38. The molecule has 1 nitrogen and oxygen atoms in total. The molecule has 0 fully saturated rings. The Kier molecular flexibility index (Phi) is 5.10. The molecule has 0 aliphatic heterocycles. The lowest BCUT2D eigenvalue weighted by atomic mass is 10.1. The van der Waals surface area contributed by atoms with Crippen molar-refractivity contribution in [3.63, 3.8) is 0 Å². The highest BCUT2D eigenvalue weighted by Gasteiger charge is 2.34. The first-order chi connectivity index (χ1) is 8.25. The van der Waals surface area contributed by atoms with E-state index >= 15 is 0 Å². The first-order valence-corrected chi connectivity index (χ1v) is 6.61. The molecule has 0 bridgehead atoms. The summed E-state index contributed by atoms with van der Waals surface area (Å²) in [7, 11) is 0. The van der Waals surface area contributed by atoms with Crippen LogP contribution in [0.5, 0.6) is 0 Å². The second-order valence-corrected chi connectivity index (χ2v) is 5.97. The molecule has 0 radical (unpaired) electrons. The second kappa shape index (κ2) is 5.97. The molecule has 0 heterocycles. The Labute approximate surface area is 109 Å². The van der Waals surface area contributed by atoms with Gasteiger partial charge in [-0.25, -0.2) is 0 Å². The number of rotatable bonds is 4. The molecule has 0 amide bonds. The molecule has 102 valence electrons. The lowest BCUT2D eigenvalue weighted by Crippen LogP contribution is -2.11. The van der Waals surface area contributed by atoms with Gasteiger partial charge < -0.3 is 5.11 Å². The van der Waals surface area contributed by atoms with Crippen LogP contribution in [0.1, 0.15) is 31.9 Å². The molecule has 1 aromatic carbocycles. The minimum Gasteiger partial charge on any atom is -0.392 e. The average Bonchev–Trinajstić information content (AvgIpc) is 2.27. The lowest BCUT2D eigenvalue weighted by molar-refractivity contribution is -0.139. The smallest absolute Gasteiger partial charge is 0.392 e. The molecular weight excluding hydrogens is 261 g/mol. The van der Waals surface area contributed by atoms with E-state index in [1.165, 1.54) is 23.9 Å². The largest absolute Gasteiger partial charge is 0.417 e. The van der Waals surface area contributed by atoms with E-state index in [1.54, 1.807) is 0 Å². The molecule has 0 saturated heterocycles. The minimum atomic E-state index is -4.38. The van der Waals surface area contributed by atoms with E-state index in [0.717, 1.165) is 6.07 Å². The molecule has 0 aliphatic carbocycles. The third kappa shape index (κ3) is 3.92. The normalized spacial score (nSPS) is 14.0. The molecule has 0 spiro atoms. The predicted molar refractivity (Wildman–Crippen MR) is 67.5 cm³/mol. The maximum atomic E-state index is 12.9. The highest BCUT2D eigenvalue weighted by molar-refractivity contribution is 8.00. The number of aliphatic hydroxyl groups is 1. The van der Waals surface area contributed by atoms with Crippen LogP contribution in [-0.4, -0.2) is 10.4 Å². The molecule has 1 unspecified atom stereocenters. The number of hydrogen-bond donors (Lipinski definition) is 1. The average molecular weight is 278 g/mol. The molecule has 5 heteroatoms. The number of hydrogen-bond acceptors (Lipinski definition) is 2. The monoisotopic (exact) mass is 278 g/mol. The van der Waals surface area contributed by atoms with Gasteiger partial charge in [0.15, 0.2) is 0 Å². The molecule has 1 N–H and O–H groups in total. The number of aliphatic hydroxyl groups excluding tert-OH is 1. The maximum absolute atomic E-state index is 12.9. The highest BCUT2D eigenvalue weighted by Crippen LogP contribution is 2.39. The Balaban J connectivity index is 3.11. The number of alkyl halides is 3. The Morgan fingerprint density at radius 1 is 1.22 bits per heavy atom. The number of benzene rings is 1. The SMILES string of the molecule is CC(C)C(C)Sc1ccc(CO)cc1C(F)(F)F. The van der Waals surface area contributed by atoms with Crippen molar-refractivity contribution in [2.45, 2.75) is 43.7 Å². The van der Waals surface area contributed by atoms with Crippen molar-refractivity contribution in [3.8, 4) is 0 Å². The fraction of sp³-hybridized carbons (Fsp3) is 0.538. The van der Waals surface area contributed by atoms with Gasteiger partial charge in [-0.15, -0.1) is 11.8 Å². The van der Waals surface area contributed by atoms with E-state index in [0.29, 0.717) is 5.92 Å². The lowest BCUT2D eigenvalue weighted by Gasteiger charge is -2.19. The Hall–Kier alpha value is -0.680. The van der Waals surface area contributed by atoms with E-state index in [1.807, 2.05) is 20.8 Å². The third-order valence-electron chi connectivity index (χ3n) is 2.78. The zero-order valence-electron chi connectivity index (χ0n) is 10.6. The summed E-state index contributed by atoms with van der Waals surface area (Å²) in [4.78, 5) is 0.223. The fourth-order valence-electron chi connectivity index (χ4n) is 1.34. The molecule has 1 aromatic rings. The van der Waals surface area contributed by atoms with Crippen molar-refractivity contribution in [1.29, 1.82) is 0 Å². The number of thioether (sulfide) groups is 1. The van der Waals surface area contributed by atoms with E-state index in [-0.39, 0.29) is 22.3 Å². The van der Waals surface area contributed by atoms with Crippen molar-refractivity contribution in [3.05, 3.63) is 29.3 Å². The highest BCUT2D eigenvalue weighted by atomic mass is 32.2. The van der Waals surface area contributed by atoms with Gasteiger partial charge in [0, 0.05) is 10.1 Å². The quantitative estimate of drug-likeness (QED) is 0.827. The minimum absolute atomic E-state index is 0.103. The van der Waals surface area contributed by atoms with Crippen LogP contribution < -0.4 is 0 Å². The van der Waals surface area contributed by atoms with Crippen LogP contribution in [0.4, 0.5) is 13.2 Å². The standard InChI is InChI=1S/C13H17F3OS/c1-8(2)9(3)18-12-5-4-10(7-17)6-11(12)13(14,15)16/h4-6,8-9,17H,7H2,1-3H3. The van der Waals surface area contributed by atoms with Crippen molar-refractivity contribution in [1.82, 2.24) is 0 Å². The van der Waals surface area contributed by atoms with Crippen LogP contribution in [0, 0.1) is 5.92 Å². The summed E-state index contributed by atoms with van der Waals surface area (Å²) >= 11 is 1.22. The van der Waals surface area contributed by atoms with E-state index < -0.39 is 11.7 Å². The van der Waals surface area contributed by atoms with Crippen molar-refractivity contribution < 1.29 is 18.3 Å². The molecule has 0 saturated carbocycles. The zero-order chi connectivity index (χ0) is 13.9. The van der Waals surface area contributed by atoms with Crippen molar-refractivity contribution in [2.75, 3.05) is 0 Å². The Morgan fingerprint density at radius 3 is 2.28 bits per heavy atom.